The Hall–Kier alpha value is -1.32. The number of nitrogens with zero attached hydrogens (tertiary/aromatic N) is 2. The van der Waals surface area contributed by atoms with Crippen molar-refractivity contribution in [1.82, 2.24) is 4.57 Å². The van der Waals surface area contributed by atoms with Gasteiger partial charge < -0.3 is 5.11 Å². The molecule has 0 aliphatic heterocycles. The number of aromatic nitrogens is 2. The maximum absolute atomic E-state index is 10.8. The Morgan fingerprint density at radius 1 is 1.41 bits per heavy atom. The molecule has 0 spiro atoms. The van der Waals surface area contributed by atoms with Crippen molar-refractivity contribution in [2.45, 2.75) is 59.5 Å². The van der Waals surface area contributed by atoms with Gasteiger partial charge in [0, 0.05) is 13.3 Å². The number of rotatable bonds is 7. The second-order valence-corrected chi connectivity index (χ2v) is 4.41. The Morgan fingerprint density at radius 3 is 2.65 bits per heavy atom. The lowest BCUT2D eigenvalue weighted by Gasteiger charge is -2.02. The van der Waals surface area contributed by atoms with Crippen molar-refractivity contribution in [3.05, 3.63) is 17.7 Å². The van der Waals surface area contributed by atoms with Gasteiger partial charge in [-0.15, -0.1) is 0 Å². The van der Waals surface area contributed by atoms with Crippen molar-refractivity contribution >= 4 is 5.97 Å². The van der Waals surface area contributed by atoms with E-state index in [1.807, 2.05) is 17.7 Å². The summed E-state index contributed by atoms with van der Waals surface area (Å²) in [6, 6.07) is 0. The Kier molecular flexibility index (Phi) is 5.19. The zero-order valence-electron chi connectivity index (χ0n) is 11.1. The topological polar surface area (TPSA) is 46.1 Å². The number of unbranched alkanes of at least 4 members (excludes halogenated alkanes) is 2. The molecule has 4 nitrogen and oxygen atoms in total. The first-order chi connectivity index (χ1) is 8.10. The monoisotopic (exact) mass is 239 g/mol. The Bertz CT molecular complexity index is 383. The highest BCUT2D eigenvalue weighted by Gasteiger charge is 2.20. The molecule has 0 aromatic carbocycles. The average Bonchev–Trinajstić information content (AvgIpc) is 2.54. The smallest absolute Gasteiger partial charge is 0.346 e. The van der Waals surface area contributed by atoms with E-state index in [0.717, 1.165) is 30.9 Å². The predicted octanol–water partition coefficient (Wildman–Crippen LogP) is 1.92. The molecule has 0 atom stereocenters. The van der Waals surface area contributed by atoms with Gasteiger partial charge >= 0.3 is 5.97 Å². The van der Waals surface area contributed by atoms with Crippen LogP contribution in [0.4, 0.5) is 0 Å². The molecule has 0 radical (unpaired) electrons. The summed E-state index contributed by atoms with van der Waals surface area (Å²) >= 11 is 0. The molecule has 0 fully saturated rings. The van der Waals surface area contributed by atoms with Crippen LogP contribution in [0.1, 0.15) is 44.6 Å². The van der Waals surface area contributed by atoms with E-state index < -0.39 is 5.97 Å². The summed E-state index contributed by atoms with van der Waals surface area (Å²) in [7, 11) is 0. The molecule has 96 valence electrons. The molecular weight excluding hydrogens is 216 g/mol. The van der Waals surface area contributed by atoms with Crippen LogP contribution in [0.25, 0.3) is 0 Å². The quantitative estimate of drug-likeness (QED) is 0.583. The number of aliphatic carboxylic acids is 1. The first kappa shape index (κ1) is 13.7. The van der Waals surface area contributed by atoms with E-state index >= 15 is 0 Å². The highest BCUT2D eigenvalue weighted by molar-refractivity contribution is 5.64. The minimum absolute atomic E-state index is 0.0648. The van der Waals surface area contributed by atoms with Crippen molar-refractivity contribution in [3.63, 3.8) is 0 Å². The lowest BCUT2D eigenvalue weighted by Crippen LogP contribution is -2.40. The minimum Gasteiger partial charge on any atom is -0.478 e. The molecule has 1 aromatic rings. The number of hydrogen-bond donors (Lipinski definition) is 1. The van der Waals surface area contributed by atoms with Crippen molar-refractivity contribution in [3.8, 4) is 0 Å². The SMILES string of the molecule is CCCCCc1n(CC)c(C)c[n+]1CC(=O)O. The van der Waals surface area contributed by atoms with Gasteiger partial charge in [0.2, 0.25) is 0 Å². The van der Waals surface area contributed by atoms with Crippen LogP contribution in [0, 0.1) is 6.92 Å². The molecular formula is C13H23N2O2+. The van der Waals surface area contributed by atoms with Crippen LogP contribution in [0.5, 0.6) is 0 Å². The minimum atomic E-state index is -0.778. The molecule has 1 rings (SSSR count). The van der Waals surface area contributed by atoms with Gasteiger partial charge in [-0.2, -0.15) is 0 Å². The molecule has 0 aliphatic rings. The van der Waals surface area contributed by atoms with Crippen LogP contribution < -0.4 is 4.57 Å². The molecule has 1 aromatic heterocycles. The van der Waals surface area contributed by atoms with E-state index in [2.05, 4.69) is 18.4 Å². The van der Waals surface area contributed by atoms with Crippen LogP contribution in [-0.4, -0.2) is 15.6 Å². The van der Waals surface area contributed by atoms with Gasteiger partial charge in [0.05, 0.1) is 6.54 Å². The molecule has 17 heavy (non-hydrogen) atoms. The summed E-state index contributed by atoms with van der Waals surface area (Å²) in [6.45, 7) is 7.28. The molecule has 1 heterocycles. The fourth-order valence-corrected chi connectivity index (χ4v) is 2.25. The van der Waals surface area contributed by atoms with Gasteiger partial charge in [-0.1, -0.05) is 19.8 Å². The fourth-order valence-electron chi connectivity index (χ4n) is 2.25. The van der Waals surface area contributed by atoms with E-state index in [4.69, 9.17) is 5.11 Å². The van der Waals surface area contributed by atoms with Gasteiger partial charge in [0.1, 0.15) is 11.9 Å². The van der Waals surface area contributed by atoms with Gasteiger partial charge in [-0.05, 0) is 13.3 Å². The Morgan fingerprint density at radius 2 is 2.12 bits per heavy atom. The lowest BCUT2D eigenvalue weighted by atomic mass is 10.2. The molecule has 0 aliphatic carbocycles. The fraction of sp³-hybridized carbons (Fsp3) is 0.692. The third-order valence-corrected chi connectivity index (χ3v) is 3.04. The molecule has 0 saturated heterocycles. The number of aryl methyl sites for hydroxylation is 1. The first-order valence-electron chi connectivity index (χ1n) is 6.40. The Labute approximate surface area is 103 Å². The third kappa shape index (κ3) is 3.58. The van der Waals surface area contributed by atoms with Crippen molar-refractivity contribution in [2.24, 2.45) is 0 Å². The standard InChI is InChI=1S/C13H22N2O2/c1-4-6-7-8-12-14(10-13(16)17)9-11(3)15(12)5-2/h9H,4-8,10H2,1-3H3/p+1. The van der Waals surface area contributed by atoms with Crippen LogP contribution in [0.3, 0.4) is 0 Å². The number of hydrogen-bond acceptors (Lipinski definition) is 1. The maximum atomic E-state index is 10.8. The largest absolute Gasteiger partial charge is 0.478 e. The van der Waals surface area contributed by atoms with Crippen LogP contribution in [0.15, 0.2) is 6.20 Å². The third-order valence-electron chi connectivity index (χ3n) is 3.04. The second-order valence-electron chi connectivity index (χ2n) is 4.41. The predicted molar refractivity (Wildman–Crippen MR) is 65.9 cm³/mol. The van der Waals surface area contributed by atoms with Gasteiger partial charge in [0.15, 0.2) is 6.54 Å². The number of imidazole rings is 1. The summed E-state index contributed by atoms with van der Waals surface area (Å²) in [5, 5.41) is 8.91. The van der Waals surface area contributed by atoms with Crippen LogP contribution in [0.2, 0.25) is 0 Å². The van der Waals surface area contributed by atoms with E-state index in [0.29, 0.717) is 0 Å². The molecule has 1 N–H and O–H groups in total. The normalized spacial score (nSPS) is 10.8. The lowest BCUT2D eigenvalue weighted by molar-refractivity contribution is -0.693. The molecule has 0 bridgehead atoms. The number of carbonyl (C=O) groups is 1. The van der Waals surface area contributed by atoms with Gasteiger partial charge in [0.25, 0.3) is 5.82 Å². The van der Waals surface area contributed by atoms with E-state index in [1.54, 1.807) is 0 Å². The summed E-state index contributed by atoms with van der Waals surface area (Å²) in [5.74, 6) is 0.362. The van der Waals surface area contributed by atoms with Gasteiger partial charge in [-0.3, -0.25) is 0 Å². The highest BCUT2D eigenvalue weighted by Crippen LogP contribution is 2.07. The Balaban J connectivity index is 2.90. The molecule has 0 saturated carbocycles. The van der Waals surface area contributed by atoms with E-state index in [1.165, 1.54) is 12.8 Å². The second kappa shape index (κ2) is 6.42. The zero-order chi connectivity index (χ0) is 12.8. The van der Waals surface area contributed by atoms with Crippen LogP contribution >= 0.6 is 0 Å². The number of carboxylic acid groups (broad SMARTS) is 1. The molecule has 0 unspecified atom stereocenters. The van der Waals surface area contributed by atoms with Crippen molar-refractivity contribution < 1.29 is 14.5 Å². The van der Waals surface area contributed by atoms with Gasteiger partial charge in [-0.25, -0.2) is 13.9 Å². The first-order valence-corrected chi connectivity index (χ1v) is 6.40. The maximum Gasteiger partial charge on any atom is 0.346 e. The summed E-state index contributed by atoms with van der Waals surface area (Å²) in [5.41, 5.74) is 1.14. The number of carboxylic acids is 1. The van der Waals surface area contributed by atoms with E-state index in [-0.39, 0.29) is 6.54 Å². The van der Waals surface area contributed by atoms with E-state index in [9.17, 15) is 4.79 Å². The van der Waals surface area contributed by atoms with Crippen LogP contribution in [-0.2, 0) is 24.3 Å². The summed E-state index contributed by atoms with van der Waals surface area (Å²) in [6.07, 6.45) is 6.41. The average molecular weight is 239 g/mol. The summed E-state index contributed by atoms with van der Waals surface area (Å²) < 4.78 is 4.08. The molecule has 0 amide bonds. The molecule has 4 heteroatoms. The zero-order valence-corrected chi connectivity index (χ0v) is 11.1. The van der Waals surface area contributed by atoms with Crippen molar-refractivity contribution in [2.75, 3.05) is 0 Å². The van der Waals surface area contributed by atoms with Crippen molar-refractivity contribution in [1.29, 1.82) is 0 Å². The summed E-state index contributed by atoms with van der Waals surface area (Å²) in [4.78, 5) is 10.8. The highest BCUT2D eigenvalue weighted by atomic mass is 16.4.